The number of carbonyl (C=O) groups is 1. The Kier molecular flexibility index (Phi) is 4.38. The standard InChI is InChI=1S/C13H21F3N2O/c1-9-12(19)18(8-4-7-13(14,15)16)11(17-9)10-5-2-3-6-10/h9-11,17H,2-8H2,1H3. The Morgan fingerprint density at radius 3 is 2.53 bits per heavy atom. The van der Waals surface area contributed by atoms with Crippen LogP contribution in [0, 0.1) is 5.92 Å². The molecule has 0 radical (unpaired) electrons. The van der Waals surface area contributed by atoms with Crippen LogP contribution in [0.15, 0.2) is 0 Å². The molecule has 2 rings (SSSR count). The van der Waals surface area contributed by atoms with E-state index in [0.29, 0.717) is 5.92 Å². The number of carbonyl (C=O) groups excluding carboxylic acids is 1. The summed E-state index contributed by atoms with van der Waals surface area (Å²) in [5.41, 5.74) is 0. The lowest BCUT2D eigenvalue weighted by Crippen LogP contribution is -2.43. The van der Waals surface area contributed by atoms with Crippen molar-refractivity contribution in [3.05, 3.63) is 0 Å². The quantitative estimate of drug-likeness (QED) is 0.857. The monoisotopic (exact) mass is 278 g/mol. The Morgan fingerprint density at radius 2 is 1.95 bits per heavy atom. The van der Waals surface area contributed by atoms with Gasteiger partial charge in [0.25, 0.3) is 0 Å². The van der Waals surface area contributed by atoms with Crippen LogP contribution in [0.1, 0.15) is 45.4 Å². The van der Waals surface area contributed by atoms with E-state index < -0.39 is 12.6 Å². The Morgan fingerprint density at radius 1 is 1.32 bits per heavy atom. The first-order valence-corrected chi connectivity index (χ1v) is 7.02. The summed E-state index contributed by atoms with van der Waals surface area (Å²) in [6.45, 7) is 1.99. The van der Waals surface area contributed by atoms with Gasteiger partial charge < -0.3 is 4.90 Å². The number of nitrogens with zero attached hydrogens (tertiary/aromatic N) is 1. The zero-order chi connectivity index (χ0) is 14.0. The number of rotatable bonds is 4. The van der Waals surface area contributed by atoms with Crippen molar-refractivity contribution in [3.8, 4) is 0 Å². The predicted molar refractivity (Wildman–Crippen MR) is 65.3 cm³/mol. The zero-order valence-corrected chi connectivity index (χ0v) is 11.2. The average molecular weight is 278 g/mol. The first-order chi connectivity index (χ1) is 8.88. The largest absolute Gasteiger partial charge is 0.389 e. The summed E-state index contributed by atoms with van der Waals surface area (Å²) >= 11 is 0. The number of halogens is 3. The van der Waals surface area contributed by atoms with Gasteiger partial charge in [-0.25, -0.2) is 0 Å². The fourth-order valence-electron chi connectivity index (χ4n) is 3.17. The van der Waals surface area contributed by atoms with Crippen LogP contribution in [-0.4, -0.2) is 35.7 Å². The van der Waals surface area contributed by atoms with E-state index in [9.17, 15) is 18.0 Å². The number of alkyl halides is 3. The summed E-state index contributed by atoms with van der Waals surface area (Å²) in [5, 5.41) is 3.24. The van der Waals surface area contributed by atoms with Crippen molar-refractivity contribution in [2.75, 3.05) is 6.54 Å². The van der Waals surface area contributed by atoms with Crippen LogP contribution in [0.2, 0.25) is 0 Å². The molecule has 0 spiro atoms. The molecule has 1 saturated heterocycles. The summed E-state index contributed by atoms with van der Waals surface area (Å²) in [6.07, 6.45) is -0.580. The normalized spacial score (nSPS) is 29.5. The molecule has 19 heavy (non-hydrogen) atoms. The average Bonchev–Trinajstić information content (AvgIpc) is 2.90. The van der Waals surface area contributed by atoms with Crippen molar-refractivity contribution in [1.82, 2.24) is 10.2 Å². The lowest BCUT2D eigenvalue weighted by molar-refractivity contribution is -0.140. The molecule has 0 bridgehead atoms. The maximum Gasteiger partial charge on any atom is 0.389 e. The molecular formula is C13H21F3N2O. The fraction of sp³-hybridized carbons (Fsp3) is 0.923. The second-order valence-corrected chi connectivity index (χ2v) is 5.63. The van der Waals surface area contributed by atoms with Gasteiger partial charge in [0, 0.05) is 13.0 Å². The van der Waals surface area contributed by atoms with Crippen molar-refractivity contribution >= 4 is 5.91 Å². The second-order valence-electron chi connectivity index (χ2n) is 5.63. The van der Waals surface area contributed by atoms with Crippen LogP contribution < -0.4 is 5.32 Å². The first kappa shape index (κ1) is 14.6. The highest BCUT2D eigenvalue weighted by molar-refractivity contribution is 5.83. The van der Waals surface area contributed by atoms with E-state index >= 15 is 0 Å². The minimum Gasteiger partial charge on any atom is -0.326 e. The second kappa shape index (κ2) is 5.69. The first-order valence-electron chi connectivity index (χ1n) is 7.02. The Hall–Kier alpha value is -0.780. The van der Waals surface area contributed by atoms with Crippen molar-refractivity contribution in [1.29, 1.82) is 0 Å². The molecule has 0 aromatic rings. The third kappa shape index (κ3) is 3.61. The Balaban J connectivity index is 1.92. The molecule has 2 aliphatic rings. The number of hydrogen-bond acceptors (Lipinski definition) is 2. The molecule has 1 heterocycles. The molecule has 110 valence electrons. The van der Waals surface area contributed by atoms with Crippen molar-refractivity contribution in [2.24, 2.45) is 5.92 Å². The third-order valence-electron chi connectivity index (χ3n) is 4.12. The van der Waals surface area contributed by atoms with E-state index in [2.05, 4.69) is 5.32 Å². The van der Waals surface area contributed by atoms with Crippen molar-refractivity contribution in [3.63, 3.8) is 0 Å². The lowest BCUT2D eigenvalue weighted by Gasteiger charge is -2.29. The molecule has 2 unspecified atom stereocenters. The van der Waals surface area contributed by atoms with Crippen molar-refractivity contribution < 1.29 is 18.0 Å². The molecule has 1 amide bonds. The Bertz CT molecular complexity index is 326. The van der Waals surface area contributed by atoms with E-state index in [1.165, 1.54) is 0 Å². The highest BCUT2D eigenvalue weighted by atomic mass is 19.4. The van der Waals surface area contributed by atoms with Crippen LogP contribution >= 0.6 is 0 Å². The van der Waals surface area contributed by atoms with Crippen LogP contribution in [-0.2, 0) is 4.79 Å². The molecular weight excluding hydrogens is 257 g/mol. The maximum absolute atomic E-state index is 12.2. The third-order valence-corrected chi connectivity index (χ3v) is 4.12. The molecule has 1 aliphatic carbocycles. The smallest absolute Gasteiger partial charge is 0.326 e. The molecule has 2 atom stereocenters. The summed E-state index contributed by atoms with van der Waals surface area (Å²) in [5.74, 6) is 0.346. The molecule has 2 fully saturated rings. The summed E-state index contributed by atoms with van der Waals surface area (Å²) < 4.78 is 36.5. The highest BCUT2D eigenvalue weighted by Crippen LogP contribution is 2.32. The molecule has 0 aromatic carbocycles. The van der Waals surface area contributed by atoms with Gasteiger partial charge in [-0.05, 0) is 32.1 Å². The maximum atomic E-state index is 12.2. The van der Waals surface area contributed by atoms with Gasteiger partial charge in [-0.1, -0.05) is 12.8 Å². The fourth-order valence-corrected chi connectivity index (χ4v) is 3.17. The number of amides is 1. The zero-order valence-electron chi connectivity index (χ0n) is 11.2. The summed E-state index contributed by atoms with van der Waals surface area (Å²) in [4.78, 5) is 13.6. The lowest BCUT2D eigenvalue weighted by atomic mass is 10.0. The highest BCUT2D eigenvalue weighted by Gasteiger charge is 2.41. The van der Waals surface area contributed by atoms with Gasteiger partial charge in [0.1, 0.15) is 0 Å². The van der Waals surface area contributed by atoms with E-state index in [4.69, 9.17) is 0 Å². The molecule has 6 heteroatoms. The minimum absolute atomic E-state index is 0.00708. The Labute approximate surface area is 111 Å². The van der Waals surface area contributed by atoms with Crippen LogP contribution in [0.25, 0.3) is 0 Å². The van der Waals surface area contributed by atoms with E-state index in [-0.39, 0.29) is 31.1 Å². The molecule has 3 nitrogen and oxygen atoms in total. The minimum atomic E-state index is -4.13. The van der Waals surface area contributed by atoms with Crippen LogP contribution in [0.3, 0.4) is 0 Å². The number of nitrogens with one attached hydrogen (secondary N) is 1. The summed E-state index contributed by atoms with van der Waals surface area (Å²) in [7, 11) is 0. The van der Waals surface area contributed by atoms with Gasteiger partial charge in [-0.3, -0.25) is 10.1 Å². The van der Waals surface area contributed by atoms with E-state index in [0.717, 1.165) is 25.7 Å². The van der Waals surface area contributed by atoms with E-state index in [1.807, 2.05) is 0 Å². The van der Waals surface area contributed by atoms with Crippen LogP contribution in [0.5, 0.6) is 0 Å². The topological polar surface area (TPSA) is 32.3 Å². The molecule has 1 saturated carbocycles. The molecule has 1 N–H and O–H groups in total. The predicted octanol–water partition coefficient (Wildman–Crippen LogP) is 2.67. The molecule has 1 aliphatic heterocycles. The SMILES string of the molecule is CC1NC(C2CCCC2)N(CCCC(F)(F)F)C1=O. The number of hydrogen-bond donors (Lipinski definition) is 1. The van der Waals surface area contributed by atoms with Crippen LogP contribution in [0.4, 0.5) is 13.2 Å². The van der Waals surface area contributed by atoms with Gasteiger partial charge in [0.2, 0.25) is 5.91 Å². The van der Waals surface area contributed by atoms with E-state index in [1.54, 1.807) is 11.8 Å². The van der Waals surface area contributed by atoms with Gasteiger partial charge >= 0.3 is 6.18 Å². The van der Waals surface area contributed by atoms with Gasteiger partial charge in [0.05, 0.1) is 12.2 Å². The summed E-state index contributed by atoms with van der Waals surface area (Å²) in [6, 6.07) is -0.267. The van der Waals surface area contributed by atoms with Gasteiger partial charge in [-0.2, -0.15) is 13.2 Å². The van der Waals surface area contributed by atoms with Gasteiger partial charge in [-0.15, -0.1) is 0 Å². The molecule has 0 aromatic heterocycles. The van der Waals surface area contributed by atoms with Gasteiger partial charge in [0.15, 0.2) is 0 Å². The van der Waals surface area contributed by atoms with Crippen molar-refractivity contribution in [2.45, 2.75) is 63.8 Å².